The largest absolute Gasteiger partial charge is 0.481 e. The predicted molar refractivity (Wildman–Crippen MR) is 74.0 cm³/mol. The summed E-state index contributed by atoms with van der Waals surface area (Å²) < 4.78 is 0. The second-order valence-electron chi connectivity index (χ2n) is 4.98. The lowest BCUT2D eigenvalue weighted by atomic mass is 10.2. The third-order valence-electron chi connectivity index (χ3n) is 3.51. The summed E-state index contributed by atoms with van der Waals surface area (Å²) in [6.45, 7) is 2.40. The first-order chi connectivity index (χ1) is 9.16. The number of nitrogens with zero attached hydrogens (tertiary/aromatic N) is 2. The van der Waals surface area contributed by atoms with Gasteiger partial charge in [-0.3, -0.25) is 10.2 Å². The highest BCUT2D eigenvalue weighted by molar-refractivity contribution is 7.99. The third kappa shape index (κ3) is 4.28. The summed E-state index contributed by atoms with van der Waals surface area (Å²) >= 11 is 1.71. The molecule has 7 heteroatoms. The monoisotopic (exact) mass is 287 g/mol. The Labute approximate surface area is 117 Å². The van der Waals surface area contributed by atoms with E-state index in [-0.39, 0.29) is 18.5 Å². The average Bonchev–Trinajstić information content (AvgIpc) is 2.39. The topological polar surface area (TPSA) is 72.9 Å². The quantitative estimate of drug-likeness (QED) is 0.810. The third-order valence-corrected chi connectivity index (χ3v) is 4.60. The van der Waals surface area contributed by atoms with E-state index in [0.29, 0.717) is 12.3 Å². The van der Waals surface area contributed by atoms with Crippen molar-refractivity contribution in [1.29, 1.82) is 0 Å². The molecule has 2 saturated heterocycles. The lowest BCUT2D eigenvalue weighted by molar-refractivity contribution is -0.138. The summed E-state index contributed by atoms with van der Waals surface area (Å²) in [7, 11) is 0. The second kappa shape index (κ2) is 7.00. The second-order valence-corrected chi connectivity index (χ2v) is 6.13. The lowest BCUT2D eigenvalue weighted by Gasteiger charge is -2.37. The number of amides is 2. The lowest BCUT2D eigenvalue weighted by Crippen LogP contribution is -2.56. The van der Waals surface area contributed by atoms with Crippen LogP contribution in [0.2, 0.25) is 0 Å². The fraction of sp³-hybridized carbons (Fsp3) is 0.833. The molecule has 6 nitrogen and oxygen atoms in total. The number of carbonyl (C=O) groups excluding carboxylic acids is 1. The number of piperidine rings is 1. The number of hydrazine groups is 1. The summed E-state index contributed by atoms with van der Waals surface area (Å²) in [5.74, 6) is 0.742. The van der Waals surface area contributed by atoms with Crippen LogP contribution in [0.1, 0.15) is 25.7 Å². The van der Waals surface area contributed by atoms with Crippen LogP contribution >= 0.6 is 11.8 Å². The molecule has 2 aliphatic rings. The SMILES string of the molecule is O=C(O)CC1CSCCN1C(=O)NN1CCCCC1. The zero-order valence-electron chi connectivity index (χ0n) is 11.0. The van der Waals surface area contributed by atoms with Gasteiger partial charge in [-0.15, -0.1) is 0 Å². The Balaban J connectivity index is 1.88. The molecule has 0 aromatic heterocycles. The molecule has 0 spiro atoms. The first-order valence-corrected chi connectivity index (χ1v) is 7.94. The Kier molecular flexibility index (Phi) is 5.33. The number of hydrogen-bond donors (Lipinski definition) is 2. The van der Waals surface area contributed by atoms with E-state index in [4.69, 9.17) is 5.11 Å². The van der Waals surface area contributed by atoms with E-state index in [1.807, 2.05) is 5.01 Å². The van der Waals surface area contributed by atoms with Crippen molar-refractivity contribution < 1.29 is 14.7 Å². The van der Waals surface area contributed by atoms with Gasteiger partial charge in [0.05, 0.1) is 12.5 Å². The van der Waals surface area contributed by atoms with Gasteiger partial charge in [0.15, 0.2) is 0 Å². The first-order valence-electron chi connectivity index (χ1n) is 6.78. The maximum atomic E-state index is 12.2. The molecule has 0 aliphatic carbocycles. The molecule has 1 atom stereocenters. The van der Waals surface area contributed by atoms with Crippen molar-refractivity contribution in [3.8, 4) is 0 Å². The molecule has 0 saturated carbocycles. The highest BCUT2D eigenvalue weighted by Gasteiger charge is 2.29. The van der Waals surface area contributed by atoms with Crippen LogP contribution in [0.25, 0.3) is 0 Å². The molecule has 0 radical (unpaired) electrons. The normalized spacial score (nSPS) is 25.1. The average molecular weight is 287 g/mol. The van der Waals surface area contributed by atoms with Gasteiger partial charge in [0, 0.05) is 31.1 Å². The summed E-state index contributed by atoms with van der Waals surface area (Å²) in [4.78, 5) is 24.8. The van der Waals surface area contributed by atoms with Crippen LogP contribution in [-0.4, -0.2) is 64.2 Å². The Morgan fingerprint density at radius 1 is 1.21 bits per heavy atom. The Bertz CT molecular complexity index is 334. The number of thioether (sulfide) groups is 1. The summed E-state index contributed by atoms with van der Waals surface area (Å²) in [6, 6.07) is -0.338. The molecule has 2 heterocycles. The molecule has 2 rings (SSSR count). The molecule has 0 aromatic rings. The van der Waals surface area contributed by atoms with Gasteiger partial charge in [0.25, 0.3) is 0 Å². The van der Waals surface area contributed by atoms with Gasteiger partial charge in [-0.25, -0.2) is 9.80 Å². The van der Waals surface area contributed by atoms with Crippen LogP contribution in [0.3, 0.4) is 0 Å². The zero-order valence-corrected chi connectivity index (χ0v) is 11.8. The van der Waals surface area contributed by atoms with Gasteiger partial charge in [0.1, 0.15) is 0 Å². The van der Waals surface area contributed by atoms with Crippen molar-refractivity contribution in [2.24, 2.45) is 0 Å². The minimum atomic E-state index is -0.844. The van der Waals surface area contributed by atoms with E-state index >= 15 is 0 Å². The molecule has 2 amide bonds. The summed E-state index contributed by atoms with van der Waals surface area (Å²) in [6.07, 6.45) is 3.46. The van der Waals surface area contributed by atoms with Crippen LogP contribution < -0.4 is 5.43 Å². The molecular formula is C12H21N3O3S. The highest BCUT2D eigenvalue weighted by atomic mass is 32.2. The molecule has 1 unspecified atom stereocenters. The van der Waals surface area contributed by atoms with Gasteiger partial charge in [-0.05, 0) is 12.8 Å². The molecule has 0 bridgehead atoms. The minimum Gasteiger partial charge on any atom is -0.481 e. The van der Waals surface area contributed by atoms with Crippen molar-refractivity contribution in [3.05, 3.63) is 0 Å². The number of nitrogens with one attached hydrogen (secondary N) is 1. The zero-order chi connectivity index (χ0) is 13.7. The summed E-state index contributed by atoms with van der Waals surface area (Å²) in [5.41, 5.74) is 2.91. The molecule has 108 valence electrons. The van der Waals surface area contributed by atoms with E-state index in [0.717, 1.165) is 31.7 Å². The van der Waals surface area contributed by atoms with Crippen LogP contribution in [0, 0.1) is 0 Å². The van der Waals surface area contributed by atoms with Crippen LogP contribution in [0.5, 0.6) is 0 Å². The predicted octanol–water partition coefficient (Wildman–Crippen LogP) is 0.989. The molecule has 19 heavy (non-hydrogen) atoms. The maximum absolute atomic E-state index is 12.2. The van der Waals surface area contributed by atoms with Gasteiger partial charge in [-0.1, -0.05) is 6.42 Å². The van der Waals surface area contributed by atoms with E-state index in [2.05, 4.69) is 5.43 Å². The van der Waals surface area contributed by atoms with Crippen LogP contribution in [-0.2, 0) is 4.79 Å². The van der Waals surface area contributed by atoms with E-state index in [1.165, 1.54) is 6.42 Å². The number of aliphatic carboxylic acids is 1. The Hall–Kier alpha value is -0.950. The molecule has 0 aromatic carbocycles. The number of rotatable bonds is 3. The minimum absolute atomic E-state index is 0.0282. The fourth-order valence-electron chi connectivity index (χ4n) is 2.50. The molecule has 2 aliphatic heterocycles. The van der Waals surface area contributed by atoms with Crippen LogP contribution in [0.15, 0.2) is 0 Å². The van der Waals surface area contributed by atoms with Gasteiger partial charge in [0.2, 0.25) is 0 Å². The standard InChI is InChI=1S/C12H21N3O3S/c16-11(17)8-10-9-19-7-6-15(10)12(18)13-14-4-2-1-3-5-14/h10H,1-9H2,(H,13,18)(H,16,17). The van der Waals surface area contributed by atoms with Crippen molar-refractivity contribution in [1.82, 2.24) is 15.3 Å². The maximum Gasteiger partial charge on any atom is 0.332 e. The first kappa shape index (κ1) is 14.5. The van der Waals surface area contributed by atoms with Crippen molar-refractivity contribution in [2.45, 2.75) is 31.7 Å². The Morgan fingerprint density at radius 2 is 1.95 bits per heavy atom. The van der Waals surface area contributed by atoms with Gasteiger partial charge < -0.3 is 10.0 Å². The fourth-order valence-corrected chi connectivity index (χ4v) is 3.56. The molecule has 2 N–H and O–H groups in total. The number of urea groups is 1. The van der Waals surface area contributed by atoms with Crippen molar-refractivity contribution in [3.63, 3.8) is 0 Å². The Morgan fingerprint density at radius 3 is 2.63 bits per heavy atom. The smallest absolute Gasteiger partial charge is 0.332 e. The number of carboxylic acids is 1. The number of hydrogen-bond acceptors (Lipinski definition) is 4. The highest BCUT2D eigenvalue weighted by Crippen LogP contribution is 2.19. The van der Waals surface area contributed by atoms with Crippen molar-refractivity contribution in [2.75, 3.05) is 31.1 Å². The number of carboxylic acid groups (broad SMARTS) is 1. The van der Waals surface area contributed by atoms with E-state index in [1.54, 1.807) is 16.7 Å². The molecule has 2 fully saturated rings. The van der Waals surface area contributed by atoms with Crippen LogP contribution in [0.4, 0.5) is 4.79 Å². The van der Waals surface area contributed by atoms with E-state index in [9.17, 15) is 9.59 Å². The number of carbonyl (C=O) groups is 2. The van der Waals surface area contributed by atoms with E-state index < -0.39 is 5.97 Å². The molecular weight excluding hydrogens is 266 g/mol. The van der Waals surface area contributed by atoms with Gasteiger partial charge >= 0.3 is 12.0 Å². The van der Waals surface area contributed by atoms with Crippen molar-refractivity contribution >= 4 is 23.8 Å². The summed E-state index contributed by atoms with van der Waals surface area (Å²) in [5, 5.41) is 10.9. The van der Waals surface area contributed by atoms with Gasteiger partial charge in [-0.2, -0.15) is 11.8 Å².